The van der Waals surface area contributed by atoms with Crippen molar-refractivity contribution >= 4 is 65.0 Å². The second-order valence-corrected chi connectivity index (χ2v) is 20.3. The number of aromatic nitrogens is 15. The number of hydrogen-bond donors (Lipinski definition) is 2. The molecule has 0 spiro atoms. The average molecular weight is 1240 g/mol. The number of nitrogens with one attached hydrogen (secondary N) is 1. The van der Waals surface area contributed by atoms with Crippen molar-refractivity contribution in [3.05, 3.63) is 245 Å². The number of hydrogen-bond acceptors (Lipinski definition) is 15. The van der Waals surface area contributed by atoms with Crippen molar-refractivity contribution in [1.82, 2.24) is 74.0 Å². The summed E-state index contributed by atoms with van der Waals surface area (Å²) in [6.07, 6.45) is 5.19. The first kappa shape index (κ1) is 63.6. The van der Waals surface area contributed by atoms with Gasteiger partial charge in [-0.15, -0.1) is 20.4 Å². The van der Waals surface area contributed by atoms with Gasteiger partial charge in [-0.3, -0.25) is 29.8 Å². The van der Waals surface area contributed by atoms with Crippen molar-refractivity contribution in [3.8, 4) is 57.3 Å². The number of benzene rings is 5. The predicted octanol–water partition coefficient (Wildman–Crippen LogP) is 12.7. The molecule has 0 aliphatic heterocycles. The largest absolute Gasteiger partial charge is 0.368 e. The second-order valence-electron chi connectivity index (χ2n) is 17.8. The van der Waals surface area contributed by atoms with Gasteiger partial charge in [0.1, 0.15) is 28.7 Å². The Bertz CT molecular complexity index is 3970. The number of aryl methyl sites for hydroxylation is 6. The Morgan fingerprint density at radius 2 is 0.810 bits per heavy atom. The lowest BCUT2D eigenvalue weighted by Crippen LogP contribution is -2.16. The van der Waals surface area contributed by atoms with Gasteiger partial charge in [0.25, 0.3) is 5.91 Å². The minimum Gasteiger partial charge on any atom is -0.368 e. The summed E-state index contributed by atoms with van der Waals surface area (Å²) in [7, 11) is 0.917. The molecule has 0 atom stereocenters. The highest BCUT2D eigenvalue weighted by molar-refractivity contribution is 9.10. The number of amides is 1. The van der Waals surface area contributed by atoms with E-state index in [4.69, 9.17) is 5.73 Å². The molecular formula is C61H61BrFN17OS3. The highest BCUT2D eigenvalue weighted by Gasteiger charge is 2.20. The zero-order valence-electron chi connectivity index (χ0n) is 45.8. The molecule has 0 unspecified atom stereocenters. The molecular weight excluding hydrogens is 1180 g/mol. The summed E-state index contributed by atoms with van der Waals surface area (Å²) in [5.74, 6) is 3.86. The van der Waals surface area contributed by atoms with E-state index in [9.17, 15) is 4.79 Å². The van der Waals surface area contributed by atoms with E-state index in [1.807, 2.05) is 222 Å². The molecule has 0 saturated carbocycles. The molecule has 12 rings (SSSR count). The zero-order chi connectivity index (χ0) is 58.0. The number of rotatable bonds is 9. The van der Waals surface area contributed by atoms with Crippen molar-refractivity contribution < 1.29 is 10.9 Å². The summed E-state index contributed by atoms with van der Waals surface area (Å²) in [5, 5.41) is 20.7. The number of carbonyl (C=O) groups is 1. The van der Waals surface area contributed by atoms with Crippen LogP contribution in [0.15, 0.2) is 205 Å². The van der Waals surface area contributed by atoms with Crippen molar-refractivity contribution in [3.63, 3.8) is 0 Å². The Morgan fingerprint density at radius 3 is 1.24 bits per heavy atom. The van der Waals surface area contributed by atoms with Gasteiger partial charge in [-0.05, 0) is 153 Å². The van der Waals surface area contributed by atoms with Gasteiger partial charge >= 0.3 is 0 Å². The van der Waals surface area contributed by atoms with Gasteiger partial charge in [-0.2, -0.15) is 19.3 Å². The SMILES string of the molecule is C.Cc1ccccc1C(=O)Nc1nc(-c2ncccc2C)nn1-c1ccccc1.Cc1cccnc1-c1nc(C)n(-c2ccccc2)n1.Cc1cccnc1-c1nc(N)n(-c2ccccc2)n1.Cc1nc(Br)nn1-c1ccccc1.F.S=S=S.[HH]. The third-order valence-corrected chi connectivity index (χ3v) is 12.4. The maximum atomic E-state index is 12.8. The monoisotopic (exact) mass is 1240 g/mol. The first-order valence-electron chi connectivity index (χ1n) is 25.3. The van der Waals surface area contributed by atoms with Crippen LogP contribution in [0.3, 0.4) is 0 Å². The first-order chi connectivity index (χ1) is 39.8. The van der Waals surface area contributed by atoms with Crippen LogP contribution in [0.4, 0.5) is 16.6 Å². The van der Waals surface area contributed by atoms with Crippen LogP contribution in [0.5, 0.6) is 0 Å². The minimum atomic E-state index is -0.230. The molecule has 84 heavy (non-hydrogen) atoms. The highest BCUT2D eigenvalue weighted by atomic mass is 79.9. The van der Waals surface area contributed by atoms with Gasteiger partial charge in [0, 0.05) is 56.8 Å². The molecule has 0 bridgehead atoms. The molecule has 0 fully saturated rings. The summed E-state index contributed by atoms with van der Waals surface area (Å²) in [6.45, 7) is 11.7. The van der Waals surface area contributed by atoms with Gasteiger partial charge in [-0.1, -0.05) is 117 Å². The lowest BCUT2D eigenvalue weighted by atomic mass is 10.1. The normalized spacial score (nSPS) is 10.1. The fourth-order valence-electron chi connectivity index (χ4n) is 8.06. The summed E-state index contributed by atoms with van der Waals surface area (Å²) in [5.41, 5.74) is 16.5. The topological polar surface area (TPSA) is 217 Å². The summed E-state index contributed by atoms with van der Waals surface area (Å²) in [6, 6.07) is 58.2. The molecule has 428 valence electrons. The number of pyridine rings is 3. The molecule has 23 heteroatoms. The maximum absolute atomic E-state index is 12.8. The third-order valence-electron chi connectivity index (χ3n) is 12.0. The molecule has 12 aromatic rings. The molecule has 5 aromatic carbocycles. The average Bonchev–Trinajstić information content (AvgIpc) is 3.24. The minimum absolute atomic E-state index is 0. The molecule has 18 nitrogen and oxygen atoms in total. The highest BCUT2D eigenvalue weighted by Crippen LogP contribution is 2.24. The Labute approximate surface area is 508 Å². The Hall–Kier alpha value is -9.55. The van der Waals surface area contributed by atoms with E-state index in [1.54, 1.807) is 38.7 Å². The van der Waals surface area contributed by atoms with Crippen LogP contribution in [0, 0.1) is 41.5 Å². The smallest absolute Gasteiger partial charge is 0.258 e. The molecule has 7 aromatic heterocycles. The molecule has 0 saturated heterocycles. The quantitative estimate of drug-likeness (QED) is 0.137. The van der Waals surface area contributed by atoms with E-state index in [0.717, 1.165) is 76.9 Å². The van der Waals surface area contributed by atoms with Gasteiger partial charge < -0.3 is 5.73 Å². The van der Waals surface area contributed by atoms with Crippen LogP contribution in [0.1, 0.15) is 53.1 Å². The van der Waals surface area contributed by atoms with Crippen LogP contribution < -0.4 is 11.1 Å². The molecule has 1 amide bonds. The van der Waals surface area contributed by atoms with Gasteiger partial charge in [0.15, 0.2) is 0 Å². The lowest BCUT2D eigenvalue weighted by Gasteiger charge is -2.08. The van der Waals surface area contributed by atoms with E-state index in [1.165, 1.54) is 0 Å². The van der Waals surface area contributed by atoms with Crippen LogP contribution in [-0.2, 0) is 31.3 Å². The zero-order valence-corrected chi connectivity index (χ0v) is 49.8. The number of halogens is 2. The van der Waals surface area contributed by atoms with Crippen molar-refractivity contribution in [1.29, 1.82) is 0 Å². The van der Waals surface area contributed by atoms with E-state index in [2.05, 4.69) is 98.9 Å². The Morgan fingerprint density at radius 1 is 0.464 bits per heavy atom. The van der Waals surface area contributed by atoms with Crippen LogP contribution >= 0.6 is 15.9 Å². The molecule has 0 aliphatic rings. The lowest BCUT2D eigenvalue weighted by molar-refractivity contribution is 0.102. The first-order valence-corrected chi connectivity index (χ1v) is 28.8. The maximum Gasteiger partial charge on any atom is 0.258 e. The van der Waals surface area contributed by atoms with E-state index < -0.39 is 0 Å². The van der Waals surface area contributed by atoms with E-state index >= 15 is 0 Å². The molecule has 3 N–H and O–H groups in total. The fraction of sp³-hybridized carbons (Fsp3) is 0.115. The number of para-hydroxylation sites is 4. The molecule has 0 aliphatic carbocycles. The van der Waals surface area contributed by atoms with Gasteiger partial charge in [0.2, 0.25) is 34.1 Å². The van der Waals surface area contributed by atoms with Crippen LogP contribution in [0.2, 0.25) is 0 Å². The second kappa shape index (κ2) is 31.0. The van der Waals surface area contributed by atoms with Crippen molar-refractivity contribution in [2.24, 2.45) is 0 Å². The molecule has 0 radical (unpaired) electrons. The van der Waals surface area contributed by atoms with Gasteiger partial charge in [-0.25, -0.2) is 19.3 Å². The predicted molar refractivity (Wildman–Crippen MR) is 344 cm³/mol. The van der Waals surface area contributed by atoms with Crippen LogP contribution in [0.25, 0.3) is 57.3 Å². The standard InChI is InChI=1S/C22H19N5O.C15H14N4.C14H13N5.C9H8BrN3.CH4.FH.S3.H2/c1-15-9-6-7-13-18(15)21(28)25-22-24-20(19-16(2)10-8-14-23-19)26-27(22)17-11-4-3-5-12-17;1-11-7-6-10-16-14(11)15-17-12(2)19(18-15)13-8-4-3-5-9-13;1-10-6-5-9-16-12(10)13-17-14(15)19(18-13)11-7-3-2-4-8-11;1-7-11-9(10)12-13(7)8-5-3-2-4-6-8;;;1-3-2;/h3-14H,1-2H3,(H,24,25,26,28);3-10H,1-2H3;2-9H,1H3,(H2,15,17,18);2-6H,1H3;1H4;1H;;1H. The van der Waals surface area contributed by atoms with Gasteiger partial charge in [0.05, 0.1) is 22.7 Å². The van der Waals surface area contributed by atoms with Crippen LogP contribution in [-0.4, -0.2) is 79.9 Å². The Balaban J connectivity index is 0.000000208. The molecule has 7 heterocycles. The number of anilines is 2. The summed E-state index contributed by atoms with van der Waals surface area (Å²) >= 11 is 11.5. The van der Waals surface area contributed by atoms with E-state index in [-0.39, 0.29) is 19.5 Å². The number of nitrogen functional groups attached to an aromatic ring is 1. The summed E-state index contributed by atoms with van der Waals surface area (Å²) in [4.78, 5) is 43.4. The summed E-state index contributed by atoms with van der Waals surface area (Å²) < 4.78 is 7.49. The third kappa shape index (κ3) is 16.3. The van der Waals surface area contributed by atoms with E-state index in [0.29, 0.717) is 45.4 Å². The fourth-order valence-corrected chi connectivity index (χ4v) is 8.47. The van der Waals surface area contributed by atoms with Crippen molar-refractivity contribution in [2.75, 3.05) is 11.1 Å². The number of nitrogens with zero attached hydrogens (tertiary/aromatic N) is 15. The van der Waals surface area contributed by atoms with Crippen molar-refractivity contribution in [2.45, 2.75) is 49.0 Å². The number of carbonyl (C=O) groups excluding carboxylic acids is 1. The number of nitrogens with two attached hydrogens (primary N) is 1. The Kier molecular flexibility index (Phi) is 23.5.